The van der Waals surface area contributed by atoms with Crippen LogP contribution in [-0.2, 0) is 16.3 Å². The fraction of sp³-hybridized carbons (Fsp3) is 0.320. The van der Waals surface area contributed by atoms with Crippen molar-refractivity contribution in [3.63, 3.8) is 0 Å². The fourth-order valence-electron chi connectivity index (χ4n) is 4.31. The summed E-state index contributed by atoms with van der Waals surface area (Å²) < 4.78 is 27.1. The molecule has 3 aromatic rings. The predicted octanol–water partition coefficient (Wildman–Crippen LogP) is 4.00. The second kappa shape index (κ2) is 10.1. The first-order chi connectivity index (χ1) is 16.4. The molecule has 0 saturated heterocycles. The van der Waals surface area contributed by atoms with E-state index in [0.717, 1.165) is 31.2 Å². The van der Waals surface area contributed by atoms with Crippen LogP contribution >= 0.6 is 0 Å². The monoisotopic (exact) mass is 477 g/mol. The van der Waals surface area contributed by atoms with E-state index in [-0.39, 0.29) is 34.0 Å². The first-order valence-corrected chi connectivity index (χ1v) is 12.9. The lowest BCUT2D eigenvalue weighted by atomic mass is 9.85. The van der Waals surface area contributed by atoms with Gasteiger partial charge in [-0.25, -0.2) is 8.42 Å². The van der Waals surface area contributed by atoms with Crippen molar-refractivity contribution >= 4 is 27.2 Å². The molecule has 9 heteroatoms. The molecule has 1 aliphatic carbocycles. The SMILES string of the molecule is N#C[C@H]1CCCC[C@@H]1n1cc(C(N)=O)c(Nc2ccc(S(=O)(=O)CCc3ccccc3)cc2)n1. The zero-order valence-electron chi connectivity index (χ0n) is 18.7. The van der Waals surface area contributed by atoms with E-state index in [9.17, 15) is 18.5 Å². The van der Waals surface area contributed by atoms with Gasteiger partial charge in [-0.2, -0.15) is 10.4 Å². The maximum absolute atomic E-state index is 12.7. The number of rotatable bonds is 8. The molecule has 34 heavy (non-hydrogen) atoms. The number of nitrogens with zero attached hydrogens (tertiary/aromatic N) is 3. The Morgan fingerprint density at radius 1 is 1.12 bits per heavy atom. The number of hydrogen-bond acceptors (Lipinski definition) is 6. The number of aryl methyl sites for hydroxylation is 1. The van der Waals surface area contributed by atoms with Crippen LogP contribution in [0.5, 0.6) is 0 Å². The minimum atomic E-state index is -3.44. The second-order valence-corrected chi connectivity index (χ2v) is 10.6. The summed E-state index contributed by atoms with van der Waals surface area (Å²) in [6, 6.07) is 18.1. The van der Waals surface area contributed by atoms with Gasteiger partial charge in [0.05, 0.1) is 28.7 Å². The second-order valence-electron chi connectivity index (χ2n) is 8.53. The number of amides is 1. The highest BCUT2D eigenvalue weighted by Gasteiger charge is 2.29. The molecule has 1 fully saturated rings. The van der Waals surface area contributed by atoms with Gasteiger partial charge in [0.1, 0.15) is 5.56 Å². The maximum atomic E-state index is 12.7. The highest BCUT2D eigenvalue weighted by atomic mass is 32.2. The van der Waals surface area contributed by atoms with Crippen molar-refractivity contribution in [2.45, 2.75) is 43.0 Å². The van der Waals surface area contributed by atoms with Crippen molar-refractivity contribution in [1.82, 2.24) is 9.78 Å². The molecule has 8 nitrogen and oxygen atoms in total. The largest absolute Gasteiger partial charge is 0.365 e. The number of nitrogens with two attached hydrogens (primary N) is 1. The third-order valence-corrected chi connectivity index (χ3v) is 7.94. The Morgan fingerprint density at radius 2 is 1.82 bits per heavy atom. The average Bonchev–Trinajstić information content (AvgIpc) is 3.28. The summed E-state index contributed by atoms with van der Waals surface area (Å²) in [5.41, 5.74) is 7.34. The average molecular weight is 478 g/mol. The number of carbonyl (C=O) groups is 1. The summed E-state index contributed by atoms with van der Waals surface area (Å²) >= 11 is 0. The summed E-state index contributed by atoms with van der Waals surface area (Å²) in [6.45, 7) is 0. The van der Waals surface area contributed by atoms with Gasteiger partial charge < -0.3 is 11.1 Å². The molecule has 176 valence electrons. The molecule has 0 unspecified atom stereocenters. The Morgan fingerprint density at radius 3 is 2.50 bits per heavy atom. The molecule has 1 amide bonds. The van der Waals surface area contributed by atoms with Crippen LogP contribution in [-0.4, -0.2) is 29.9 Å². The van der Waals surface area contributed by atoms with E-state index in [4.69, 9.17) is 5.73 Å². The summed E-state index contributed by atoms with van der Waals surface area (Å²) in [4.78, 5) is 12.2. The fourth-order valence-corrected chi connectivity index (χ4v) is 5.60. The van der Waals surface area contributed by atoms with E-state index < -0.39 is 15.7 Å². The molecule has 0 aliphatic heterocycles. The zero-order valence-corrected chi connectivity index (χ0v) is 19.5. The van der Waals surface area contributed by atoms with Gasteiger partial charge in [0.15, 0.2) is 15.7 Å². The van der Waals surface area contributed by atoms with Crippen molar-refractivity contribution in [3.05, 3.63) is 71.9 Å². The smallest absolute Gasteiger partial charge is 0.254 e. The van der Waals surface area contributed by atoms with Crippen LogP contribution in [0.4, 0.5) is 11.5 Å². The van der Waals surface area contributed by atoms with E-state index in [1.165, 1.54) is 12.1 Å². The molecule has 1 heterocycles. The number of sulfone groups is 1. The molecule has 1 aromatic heterocycles. The van der Waals surface area contributed by atoms with E-state index in [2.05, 4.69) is 16.5 Å². The van der Waals surface area contributed by atoms with E-state index in [0.29, 0.717) is 12.1 Å². The van der Waals surface area contributed by atoms with Crippen molar-refractivity contribution in [2.75, 3.05) is 11.1 Å². The van der Waals surface area contributed by atoms with Crippen LogP contribution in [0, 0.1) is 17.2 Å². The van der Waals surface area contributed by atoms with E-state index in [1.807, 2.05) is 30.3 Å². The lowest BCUT2D eigenvalue weighted by Gasteiger charge is -2.26. The van der Waals surface area contributed by atoms with Crippen molar-refractivity contribution in [1.29, 1.82) is 5.26 Å². The third-order valence-electron chi connectivity index (χ3n) is 6.21. The molecule has 1 aliphatic rings. The number of nitrogens with one attached hydrogen (secondary N) is 1. The molecular weight excluding hydrogens is 450 g/mol. The normalized spacial score (nSPS) is 18.2. The first-order valence-electron chi connectivity index (χ1n) is 11.3. The zero-order chi connectivity index (χ0) is 24.1. The molecule has 3 N–H and O–H groups in total. The summed E-state index contributed by atoms with van der Waals surface area (Å²) in [5, 5.41) is 17.1. The number of primary amides is 1. The molecule has 2 atom stereocenters. The first kappa shape index (κ1) is 23.5. The third kappa shape index (κ3) is 5.29. The van der Waals surface area contributed by atoms with Crippen LogP contribution in [0.1, 0.15) is 47.6 Å². The van der Waals surface area contributed by atoms with Crippen LogP contribution < -0.4 is 11.1 Å². The topological polar surface area (TPSA) is 131 Å². The number of benzene rings is 2. The highest BCUT2D eigenvalue weighted by Crippen LogP contribution is 2.34. The Kier molecular flexibility index (Phi) is 6.98. The number of aromatic nitrogens is 2. The molecular formula is C25H27N5O3S. The minimum Gasteiger partial charge on any atom is -0.365 e. The Bertz CT molecular complexity index is 1290. The maximum Gasteiger partial charge on any atom is 0.254 e. The van der Waals surface area contributed by atoms with Crippen molar-refractivity contribution < 1.29 is 13.2 Å². The molecule has 4 rings (SSSR count). The van der Waals surface area contributed by atoms with E-state index in [1.54, 1.807) is 23.0 Å². The van der Waals surface area contributed by atoms with Crippen molar-refractivity contribution in [3.8, 4) is 6.07 Å². The number of nitriles is 1. The standard InChI is InChI=1S/C25H27N5O3S/c26-16-19-8-4-5-9-23(19)30-17-22(24(27)31)25(29-30)28-20-10-12-21(13-11-20)34(32,33)15-14-18-6-2-1-3-7-18/h1-3,6-7,10-13,17,19,23H,4-5,8-9,14-15H2,(H2,27,31)(H,28,29)/t19-,23+/m1/s1. The van der Waals surface area contributed by atoms with Gasteiger partial charge in [-0.15, -0.1) is 0 Å². The molecule has 0 radical (unpaired) electrons. The van der Waals surface area contributed by atoms with Crippen molar-refractivity contribution in [2.24, 2.45) is 11.7 Å². The Hall–Kier alpha value is -3.64. The lowest BCUT2D eigenvalue weighted by Crippen LogP contribution is -2.22. The van der Waals surface area contributed by atoms with Crippen LogP contribution in [0.3, 0.4) is 0 Å². The predicted molar refractivity (Wildman–Crippen MR) is 129 cm³/mol. The van der Waals surface area contributed by atoms with Gasteiger partial charge in [0.2, 0.25) is 0 Å². The Balaban J connectivity index is 1.50. The highest BCUT2D eigenvalue weighted by molar-refractivity contribution is 7.91. The van der Waals surface area contributed by atoms with Crippen LogP contribution in [0.25, 0.3) is 0 Å². The summed E-state index contributed by atoms with van der Waals surface area (Å²) in [7, 11) is -3.44. The number of carbonyl (C=O) groups excluding carboxylic acids is 1. The van der Waals surface area contributed by atoms with Gasteiger partial charge in [0.25, 0.3) is 5.91 Å². The van der Waals surface area contributed by atoms with Gasteiger partial charge >= 0.3 is 0 Å². The van der Waals surface area contributed by atoms with Gasteiger partial charge in [-0.05, 0) is 49.1 Å². The quantitative estimate of drug-likeness (QED) is 0.504. The van der Waals surface area contributed by atoms with Gasteiger partial charge in [0, 0.05) is 11.9 Å². The van der Waals surface area contributed by atoms with Crippen LogP contribution in [0.2, 0.25) is 0 Å². The van der Waals surface area contributed by atoms with E-state index >= 15 is 0 Å². The molecule has 0 bridgehead atoms. The minimum absolute atomic E-state index is 0.0153. The molecule has 0 spiro atoms. The summed E-state index contributed by atoms with van der Waals surface area (Å²) in [5.74, 6) is -0.489. The van der Waals surface area contributed by atoms with Gasteiger partial charge in [-0.3, -0.25) is 9.48 Å². The molecule has 2 aromatic carbocycles. The number of hydrogen-bond donors (Lipinski definition) is 2. The number of anilines is 2. The summed E-state index contributed by atoms with van der Waals surface area (Å²) in [6.07, 6.45) is 5.64. The van der Waals surface area contributed by atoms with Crippen LogP contribution in [0.15, 0.2) is 65.7 Å². The lowest BCUT2D eigenvalue weighted by molar-refractivity contribution is 0.100. The van der Waals surface area contributed by atoms with Gasteiger partial charge in [-0.1, -0.05) is 43.2 Å². The molecule has 1 saturated carbocycles. The Labute approximate surface area is 199 Å².